The Bertz CT molecular complexity index is 1700. The number of thiophene rings is 1. The Morgan fingerprint density at radius 1 is 0.690 bits per heavy atom. The molecule has 5 rings (SSSR count). The Balaban J connectivity index is 2.04. The second kappa shape index (κ2) is 6.25. The van der Waals surface area contributed by atoms with Crippen molar-refractivity contribution in [1.29, 1.82) is 0 Å². The summed E-state index contributed by atoms with van der Waals surface area (Å²) in [6, 6.07) is 11.4. The molecular weight excluding hydrogens is 388 g/mol. The normalized spacial score (nSPS) is 11.7. The molecule has 0 aliphatic rings. The van der Waals surface area contributed by atoms with Gasteiger partial charge in [0.05, 0.1) is 20.2 Å². The lowest BCUT2D eigenvalue weighted by molar-refractivity contribution is -0.107. The van der Waals surface area contributed by atoms with Gasteiger partial charge in [-0.2, -0.15) is 0 Å². The molecule has 0 bridgehead atoms. The maximum atomic E-state index is 13.3. The SMILES string of the molecule is O=CCCc1ccc2c(=O)c3sc4c(=O)c5ccccc5c(=O)c4c3c(=O)c2c1. The lowest BCUT2D eigenvalue weighted by Gasteiger charge is -2.02. The molecule has 1 aromatic heterocycles. The van der Waals surface area contributed by atoms with Gasteiger partial charge in [-0.1, -0.05) is 30.3 Å². The van der Waals surface area contributed by atoms with Crippen molar-refractivity contribution in [3.8, 4) is 0 Å². The smallest absolute Gasteiger partial charge is 0.204 e. The molecule has 0 saturated heterocycles. The molecule has 5 nitrogen and oxygen atoms in total. The number of carbonyl (C=O) groups is 1. The van der Waals surface area contributed by atoms with E-state index in [4.69, 9.17) is 0 Å². The summed E-state index contributed by atoms with van der Waals surface area (Å²) in [6.07, 6.45) is 1.56. The summed E-state index contributed by atoms with van der Waals surface area (Å²) < 4.78 is 0.289. The third-order valence-corrected chi connectivity index (χ3v) is 6.50. The maximum Gasteiger partial charge on any atom is 0.204 e. The van der Waals surface area contributed by atoms with Crippen molar-refractivity contribution in [2.24, 2.45) is 0 Å². The number of benzene rings is 4. The summed E-state index contributed by atoms with van der Waals surface area (Å²) in [6.45, 7) is 0. The van der Waals surface area contributed by atoms with E-state index >= 15 is 0 Å². The average molecular weight is 400 g/mol. The van der Waals surface area contributed by atoms with E-state index in [0.717, 1.165) is 23.2 Å². The molecule has 0 aliphatic heterocycles. The summed E-state index contributed by atoms with van der Waals surface area (Å²) >= 11 is 0.920. The Hall–Kier alpha value is -3.51. The predicted molar refractivity (Wildman–Crippen MR) is 116 cm³/mol. The average Bonchev–Trinajstić information content (AvgIpc) is 3.16. The first-order chi connectivity index (χ1) is 14.0. The van der Waals surface area contributed by atoms with E-state index in [1.165, 1.54) is 0 Å². The Morgan fingerprint density at radius 2 is 1.24 bits per heavy atom. The van der Waals surface area contributed by atoms with Crippen LogP contribution in [0.25, 0.3) is 41.7 Å². The highest BCUT2D eigenvalue weighted by atomic mass is 32.1. The molecule has 0 saturated carbocycles. The van der Waals surface area contributed by atoms with E-state index in [2.05, 4.69) is 0 Å². The molecule has 0 aliphatic carbocycles. The van der Waals surface area contributed by atoms with Gasteiger partial charge in [0.15, 0.2) is 10.9 Å². The van der Waals surface area contributed by atoms with Gasteiger partial charge in [-0.25, -0.2) is 0 Å². The number of hydrogen-bond donors (Lipinski definition) is 0. The second-order valence-electron chi connectivity index (χ2n) is 6.96. The van der Waals surface area contributed by atoms with E-state index < -0.39 is 10.9 Å². The highest BCUT2D eigenvalue weighted by Gasteiger charge is 2.21. The standard InChI is InChI=1S/C23H12O5S/c24-9-3-4-11-7-8-14-15(10-11)19(26)17-16-18(25)12-5-1-2-6-13(12)20(27)22(16)29-23(17)21(14)28/h1-2,5-10H,3-4H2. The van der Waals surface area contributed by atoms with Crippen LogP contribution in [0, 0.1) is 0 Å². The molecule has 4 aromatic carbocycles. The fraction of sp³-hybridized carbons (Fsp3) is 0.0870. The van der Waals surface area contributed by atoms with E-state index in [1.54, 1.807) is 42.5 Å². The Morgan fingerprint density at radius 3 is 1.86 bits per heavy atom. The molecular formula is C23H12O5S. The highest BCUT2D eigenvalue weighted by Crippen LogP contribution is 2.29. The minimum Gasteiger partial charge on any atom is -0.303 e. The van der Waals surface area contributed by atoms with Crippen molar-refractivity contribution in [3.63, 3.8) is 0 Å². The first-order valence-electron chi connectivity index (χ1n) is 9.04. The van der Waals surface area contributed by atoms with Crippen molar-refractivity contribution in [2.45, 2.75) is 12.8 Å². The quantitative estimate of drug-likeness (QED) is 0.435. The minimum atomic E-state index is -0.430. The molecule has 1 heterocycles. The van der Waals surface area contributed by atoms with Crippen molar-refractivity contribution < 1.29 is 4.79 Å². The number of aryl methyl sites for hydroxylation is 1. The molecule has 0 spiro atoms. The van der Waals surface area contributed by atoms with Gasteiger partial charge in [0, 0.05) is 28.0 Å². The van der Waals surface area contributed by atoms with Crippen molar-refractivity contribution in [2.75, 3.05) is 0 Å². The van der Waals surface area contributed by atoms with Crippen LogP contribution in [-0.2, 0) is 11.2 Å². The lowest BCUT2D eigenvalue weighted by atomic mass is 9.99. The topological polar surface area (TPSA) is 85.3 Å². The zero-order valence-corrected chi connectivity index (χ0v) is 15.8. The van der Waals surface area contributed by atoms with Crippen LogP contribution < -0.4 is 21.7 Å². The fourth-order valence-electron chi connectivity index (χ4n) is 3.94. The zero-order chi connectivity index (χ0) is 20.3. The maximum absolute atomic E-state index is 13.3. The van der Waals surface area contributed by atoms with Crippen LogP contribution in [-0.4, -0.2) is 6.29 Å². The largest absolute Gasteiger partial charge is 0.303 e. The molecule has 29 heavy (non-hydrogen) atoms. The van der Waals surface area contributed by atoms with Crippen LogP contribution in [0.3, 0.4) is 0 Å². The molecule has 0 radical (unpaired) electrons. The predicted octanol–water partition coefficient (Wildman–Crippen LogP) is 2.81. The van der Waals surface area contributed by atoms with Gasteiger partial charge in [-0.05, 0) is 24.1 Å². The third kappa shape index (κ3) is 2.36. The first-order valence-corrected chi connectivity index (χ1v) is 9.85. The number of hydrogen-bond acceptors (Lipinski definition) is 6. The van der Waals surface area contributed by atoms with E-state index in [-0.39, 0.29) is 52.6 Å². The summed E-state index contributed by atoms with van der Waals surface area (Å²) in [5.41, 5.74) is -0.779. The first kappa shape index (κ1) is 17.6. The summed E-state index contributed by atoms with van der Waals surface area (Å²) in [5, 5.41) is 1.08. The third-order valence-electron chi connectivity index (χ3n) is 5.32. The van der Waals surface area contributed by atoms with Crippen molar-refractivity contribution in [3.05, 3.63) is 88.9 Å². The van der Waals surface area contributed by atoms with Gasteiger partial charge in [0.1, 0.15) is 6.29 Å². The van der Waals surface area contributed by atoms with Crippen LogP contribution in [0.2, 0.25) is 0 Å². The van der Waals surface area contributed by atoms with Crippen LogP contribution in [0.5, 0.6) is 0 Å². The summed E-state index contributed by atoms with van der Waals surface area (Å²) in [5.74, 6) is 0. The van der Waals surface area contributed by atoms with Gasteiger partial charge < -0.3 is 4.79 Å². The Kier molecular flexibility index (Phi) is 3.79. The second-order valence-corrected chi connectivity index (χ2v) is 7.98. The highest BCUT2D eigenvalue weighted by molar-refractivity contribution is 7.25. The van der Waals surface area contributed by atoms with Gasteiger partial charge >= 0.3 is 0 Å². The minimum absolute atomic E-state index is 0.0305. The van der Waals surface area contributed by atoms with Gasteiger partial charge in [-0.3, -0.25) is 19.2 Å². The lowest BCUT2D eigenvalue weighted by Crippen LogP contribution is -2.15. The van der Waals surface area contributed by atoms with Gasteiger partial charge in [0.2, 0.25) is 10.9 Å². The van der Waals surface area contributed by atoms with Gasteiger partial charge in [0.25, 0.3) is 0 Å². The van der Waals surface area contributed by atoms with Crippen LogP contribution in [0.1, 0.15) is 12.0 Å². The molecule has 0 atom stereocenters. The number of rotatable bonds is 3. The van der Waals surface area contributed by atoms with E-state index in [1.807, 2.05) is 0 Å². The molecule has 6 heteroatoms. The zero-order valence-electron chi connectivity index (χ0n) is 15.0. The molecule has 5 aromatic rings. The van der Waals surface area contributed by atoms with Crippen LogP contribution >= 0.6 is 11.3 Å². The molecule has 0 unspecified atom stereocenters. The number of carbonyl (C=O) groups excluding carboxylic acids is 1. The monoisotopic (exact) mass is 400 g/mol. The number of aldehydes is 1. The van der Waals surface area contributed by atoms with Crippen molar-refractivity contribution in [1.82, 2.24) is 0 Å². The summed E-state index contributed by atoms with van der Waals surface area (Å²) in [4.78, 5) is 63.1. The van der Waals surface area contributed by atoms with E-state index in [0.29, 0.717) is 12.8 Å². The number of fused-ring (bicyclic) bond motifs is 5. The van der Waals surface area contributed by atoms with Crippen LogP contribution in [0.4, 0.5) is 0 Å². The van der Waals surface area contributed by atoms with E-state index in [9.17, 15) is 24.0 Å². The van der Waals surface area contributed by atoms with Gasteiger partial charge in [-0.15, -0.1) is 11.3 Å². The van der Waals surface area contributed by atoms with Crippen molar-refractivity contribution >= 4 is 59.3 Å². The molecule has 140 valence electrons. The molecule has 0 fully saturated rings. The summed E-state index contributed by atoms with van der Waals surface area (Å²) in [7, 11) is 0. The van der Waals surface area contributed by atoms with Crippen LogP contribution in [0.15, 0.2) is 61.6 Å². The fourth-order valence-corrected chi connectivity index (χ4v) is 5.14. The Labute approximate surface area is 166 Å². The molecule has 0 N–H and O–H groups in total. The molecule has 0 amide bonds.